The molecule has 14 heteroatoms. The maximum Gasteiger partial charge on any atom is 0.511 e. The van der Waals surface area contributed by atoms with E-state index in [-0.39, 0.29) is 18.6 Å². The normalized spacial score (nSPS) is 34.9. The van der Waals surface area contributed by atoms with Crippen molar-refractivity contribution in [2.75, 3.05) is 13.4 Å². The summed E-state index contributed by atoms with van der Waals surface area (Å²) in [5.41, 5.74) is -0.816. The molecule has 1 amide bonds. The summed E-state index contributed by atoms with van der Waals surface area (Å²) in [6, 6.07) is 0. The molecule has 3 saturated carbocycles. The fraction of sp³-hybridized carbons (Fsp3) is 0.667. The van der Waals surface area contributed by atoms with Crippen LogP contribution in [-0.4, -0.2) is 82.7 Å². The van der Waals surface area contributed by atoms with Crippen LogP contribution < -0.4 is 5.73 Å². The molecule has 0 bridgehead atoms. The summed E-state index contributed by atoms with van der Waals surface area (Å²) >= 11 is 0. The summed E-state index contributed by atoms with van der Waals surface area (Å²) in [6.07, 6.45) is 4.89. The van der Waals surface area contributed by atoms with Crippen molar-refractivity contribution >= 4 is 35.6 Å². The zero-order valence-electron chi connectivity index (χ0n) is 29.0. The zero-order chi connectivity index (χ0) is 37.1. The number of hydrogen-bond acceptors (Lipinski definition) is 12. The van der Waals surface area contributed by atoms with Gasteiger partial charge in [-0.15, -0.1) is 0 Å². The van der Waals surface area contributed by atoms with Crippen molar-refractivity contribution in [1.29, 1.82) is 0 Å². The molecular weight excluding hydrogens is 657 g/mol. The Hall–Kier alpha value is -3.91. The lowest BCUT2D eigenvalue weighted by Crippen LogP contribution is -2.69. The minimum absolute atomic E-state index is 0.214. The first-order valence-electron chi connectivity index (χ1n) is 17.0. The minimum Gasteiger partial charge on any atom is -0.458 e. The molecule has 0 aliphatic heterocycles. The predicted octanol–water partition coefficient (Wildman–Crippen LogP) is 3.48. The van der Waals surface area contributed by atoms with Gasteiger partial charge in [0.25, 0.3) is 0 Å². The van der Waals surface area contributed by atoms with Crippen molar-refractivity contribution in [2.45, 2.75) is 109 Å². The Morgan fingerprint density at radius 1 is 1.10 bits per heavy atom. The Morgan fingerprint density at radius 3 is 2.44 bits per heavy atom. The molecule has 0 aromatic carbocycles. The monoisotopic (exact) mass is 705 g/mol. The molecule has 276 valence electrons. The van der Waals surface area contributed by atoms with Gasteiger partial charge >= 0.3 is 18.1 Å². The highest BCUT2D eigenvalue weighted by Crippen LogP contribution is 2.70. The maximum absolute atomic E-state index is 17.3. The topological polar surface area (TPSA) is 206 Å². The van der Waals surface area contributed by atoms with Crippen molar-refractivity contribution in [2.24, 2.45) is 34.3 Å². The first kappa shape index (κ1) is 38.9. The second kappa shape index (κ2) is 15.1. The van der Waals surface area contributed by atoms with Crippen LogP contribution in [-0.2, 0) is 42.9 Å². The lowest BCUT2D eigenvalue weighted by molar-refractivity contribution is -0.220. The summed E-state index contributed by atoms with van der Waals surface area (Å²) in [5.74, 6) is -5.37. The Kier molecular flexibility index (Phi) is 11.8. The number of carbonyl (C=O) groups excluding carboxylic acids is 6. The van der Waals surface area contributed by atoms with Gasteiger partial charge in [-0.3, -0.25) is 24.0 Å². The lowest BCUT2D eigenvalue weighted by Gasteiger charge is -2.62. The van der Waals surface area contributed by atoms with E-state index < -0.39 is 108 Å². The number of Topliss-reactive ketones (excluding diaryl/α,β-unsaturated/α-hetero) is 1. The summed E-state index contributed by atoms with van der Waals surface area (Å²) in [5, 5.41) is 23.5. The van der Waals surface area contributed by atoms with Gasteiger partial charge in [0.1, 0.15) is 11.7 Å². The first-order valence-corrected chi connectivity index (χ1v) is 17.0. The number of nitrogens with two attached hydrogens (primary N) is 1. The quantitative estimate of drug-likeness (QED) is 0.103. The van der Waals surface area contributed by atoms with Crippen molar-refractivity contribution in [3.63, 3.8) is 0 Å². The fourth-order valence-corrected chi connectivity index (χ4v) is 8.93. The molecule has 13 nitrogen and oxygen atoms in total. The molecule has 0 aromatic rings. The lowest BCUT2D eigenvalue weighted by atomic mass is 9.44. The van der Waals surface area contributed by atoms with Crippen molar-refractivity contribution in [3.8, 4) is 0 Å². The van der Waals surface area contributed by atoms with Gasteiger partial charge < -0.3 is 34.9 Å². The number of rotatable bonds is 14. The molecule has 0 saturated heterocycles. The Labute approximate surface area is 290 Å². The number of primary amides is 1. The third kappa shape index (κ3) is 7.14. The van der Waals surface area contributed by atoms with Crippen LogP contribution in [0.5, 0.6) is 0 Å². The van der Waals surface area contributed by atoms with E-state index >= 15 is 4.39 Å². The third-order valence-electron chi connectivity index (χ3n) is 11.5. The summed E-state index contributed by atoms with van der Waals surface area (Å²) in [7, 11) is 0. The molecule has 50 heavy (non-hydrogen) atoms. The summed E-state index contributed by atoms with van der Waals surface area (Å²) < 4.78 is 37.0. The molecule has 3 fully saturated rings. The number of aliphatic hydroxyl groups excluding tert-OH is 1. The molecule has 0 spiro atoms. The Balaban J connectivity index is 1.28. The van der Waals surface area contributed by atoms with E-state index in [4.69, 9.17) is 24.7 Å². The number of halogens is 1. The Bertz CT molecular complexity index is 1470. The number of carbonyl (C=O) groups is 6. The summed E-state index contributed by atoms with van der Waals surface area (Å²) in [4.78, 5) is 73.4. The molecular formula is C36H48FNO12. The molecule has 9 atom stereocenters. The van der Waals surface area contributed by atoms with Crippen LogP contribution in [0.2, 0.25) is 0 Å². The molecule has 4 N–H and O–H groups in total. The average molecular weight is 706 g/mol. The number of ether oxygens (including phenoxy) is 4. The minimum atomic E-state index is -2.13. The van der Waals surface area contributed by atoms with Gasteiger partial charge in [-0.25, -0.2) is 9.18 Å². The van der Waals surface area contributed by atoms with E-state index in [9.17, 15) is 39.0 Å². The smallest absolute Gasteiger partial charge is 0.458 e. The van der Waals surface area contributed by atoms with E-state index in [2.05, 4.69) is 0 Å². The van der Waals surface area contributed by atoms with Gasteiger partial charge in [0.05, 0.1) is 25.4 Å². The van der Waals surface area contributed by atoms with Crippen LogP contribution in [0.15, 0.2) is 36.0 Å². The van der Waals surface area contributed by atoms with Crippen molar-refractivity contribution in [1.82, 2.24) is 0 Å². The molecule has 4 rings (SSSR count). The number of aliphatic hydroxyl groups is 2. The fourth-order valence-electron chi connectivity index (χ4n) is 8.93. The number of ketones is 2. The highest BCUT2D eigenvalue weighted by Gasteiger charge is 2.75. The molecule has 4 aliphatic rings. The van der Waals surface area contributed by atoms with Crippen LogP contribution in [0.4, 0.5) is 9.18 Å². The van der Waals surface area contributed by atoms with E-state index in [0.717, 1.165) is 0 Å². The number of allylic oxidation sites excluding steroid dienone is 6. The summed E-state index contributed by atoms with van der Waals surface area (Å²) in [6.45, 7) is 5.24. The average Bonchev–Trinajstić information content (AvgIpc) is 3.24. The largest absolute Gasteiger partial charge is 0.511 e. The zero-order valence-corrected chi connectivity index (χ0v) is 29.0. The van der Waals surface area contributed by atoms with Gasteiger partial charge in [0, 0.05) is 16.7 Å². The van der Waals surface area contributed by atoms with Gasteiger partial charge in [-0.2, -0.15) is 0 Å². The van der Waals surface area contributed by atoms with Crippen LogP contribution in [0.25, 0.3) is 0 Å². The van der Waals surface area contributed by atoms with Gasteiger partial charge in [0.15, 0.2) is 18.1 Å². The maximum atomic E-state index is 17.3. The first-order chi connectivity index (χ1) is 23.4. The molecule has 0 radical (unpaired) electrons. The van der Waals surface area contributed by atoms with E-state index in [1.54, 1.807) is 26.8 Å². The Morgan fingerprint density at radius 2 is 1.78 bits per heavy atom. The second-order valence-corrected chi connectivity index (χ2v) is 14.3. The standard InChI is InChI=1S/C36H48FNO12/c1-5-6-7-8-24(17-29(38)42)50-32(45)49-20-48-31(44)12-11-30(43)47-19-28(41)36(46)21(2)15-26-25-10-9-22-16-23(39)13-14-33(22,3)35(25,37)27(40)18-34(26,36)4/h5-6,13-14,16,21,24-27,40,46H,7-12,15,17-20H2,1-4H3,(H2,38,42). The number of amides is 1. The SMILES string of the molecule is CC=CCCC(CC(N)=O)OC(=O)OCOC(=O)CCC(=O)OCC(=O)C1(O)C(C)CC2C3CCC4=CC(=O)C=CC4(C)C3(F)C(O)CC21C. The van der Waals surface area contributed by atoms with E-state index in [1.807, 2.05) is 13.0 Å². The van der Waals surface area contributed by atoms with E-state index in [0.29, 0.717) is 37.7 Å². The van der Waals surface area contributed by atoms with Crippen LogP contribution in [0.1, 0.15) is 85.5 Å². The number of hydrogen-bond donors (Lipinski definition) is 3. The van der Waals surface area contributed by atoms with Crippen molar-refractivity contribution < 1.29 is 62.3 Å². The van der Waals surface area contributed by atoms with Crippen LogP contribution in [0, 0.1) is 28.6 Å². The number of fused-ring (bicyclic) bond motifs is 5. The number of esters is 2. The van der Waals surface area contributed by atoms with Crippen molar-refractivity contribution in [3.05, 3.63) is 36.0 Å². The van der Waals surface area contributed by atoms with Gasteiger partial charge in [-0.1, -0.05) is 37.6 Å². The van der Waals surface area contributed by atoms with Crippen LogP contribution in [0.3, 0.4) is 0 Å². The molecule has 9 unspecified atom stereocenters. The third-order valence-corrected chi connectivity index (χ3v) is 11.5. The molecule has 4 aliphatic carbocycles. The second-order valence-electron chi connectivity index (χ2n) is 14.3. The predicted molar refractivity (Wildman–Crippen MR) is 173 cm³/mol. The molecule has 0 aromatic heterocycles. The van der Waals surface area contributed by atoms with Gasteiger partial charge in [-0.05, 0) is 76.4 Å². The number of alkyl halides is 1. The van der Waals surface area contributed by atoms with E-state index in [1.165, 1.54) is 18.2 Å². The van der Waals surface area contributed by atoms with Crippen LogP contribution >= 0.6 is 0 Å². The van der Waals surface area contributed by atoms with Gasteiger partial charge in [0.2, 0.25) is 18.5 Å². The molecule has 0 heterocycles. The highest BCUT2D eigenvalue weighted by molar-refractivity contribution is 6.01. The highest BCUT2D eigenvalue weighted by atomic mass is 19.1.